The van der Waals surface area contributed by atoms with Crippen molar-refractivity contribution in [3.8, 4) is 34.3 Å². The molecule has 0 radical (unpaired) electrons. The Bertz CT molecular complexity index is 1530. The smallest absolute Gasteiger partial charge is 0.264 e. The van der Waals surface area contributed by atoms with Gasteiger partial charge in [0.05, 0.1) is 0 Å². The second-order valence-electron chi connectivity index (χ2n) is 8.23. The van der Waals surface area contributed by atoms with Crippen molar-refractivity contribution >= 4 is 11.6 Å². The van der Waals surface area contributed by atoms with E-state index in [1.54, 1.807) is 51.1 Å². The third-order valence-corrected chi connectivity index (χ3v) is 5.75. The van der Waals surface area contributed by atoms with Crippen LogP contribution in [0.3, 0.4) is 0 Å². The number of nitrogens with zero attached hydrogens (tertiary/aromatic N) is 3. The minimum absolute atomic E-state index is 0.0373. The number of rotatable bonds is 5. The van der Waals surface area contributed by atoms with Crippen LogP contribution in [0.2, 0.25) is 0 Å². The van der Waals surface area contributed by atoms with Crippen LogP contribution in [0.15, 0.2) is 51.8 Å². The number of carbonyl (C=O) groups excluding carboxylic acids is 1. The summed E-state index contributed by atoms with van der Waals surface area (Å²) in [7, 11) is 0. The van der Waals surface area contributed by atoms with Crippen LogP contribution in [-0.2, 0) is 11.3 Å². The zero-order valence-electron chi connectivity index (χ0n) is 19.2. The summed E-state index contributed by atoms with van der Waals surface area (Å²) in [5.41, 5.74) is 2.65. The molecule has 1 aliphatic heterocycles. The fourth-order valence-corrected chi connectivity index (χ4v) is 3.92. The molecule has 4 aromatic rings. The van der Waals surface area contributed by atoms with Crippen LogP contribution >= 0.6 is 0 Å². The van der Waals surface area contributed by atoms with Crippen LogP contribution in [0.25, 0.3) is 22.8 Å². The molecule has 0 atom stereocenters. The van der Waals surface area contributed by atoms with E-state index in [1.165, 1.54) is 16.7 Å². The van der Waals surface area contributed by atoms with E-state index >= 15 is 0 Å². The second kappa shape index (κ2) is 8.71. The highest BCUT2D eigenvalue weighted by Gasteiger charge is 2.22. The highest BCUT2D eigenvalue weighted by atomic mass is 19.1. The van der Waals surface area contributed by atoms with Gasteiger partial charge in [-0.25, -0.2) is 4.39 Å². The molecule has 0 spiro atoms. The van der Waals surface area contributed by atoms with Gasteiger partial charge in [0, 0.05) is 16.9 Å². The van der Waals surface area contributed by atoms with Crippen LogP contribution in [0.5, 0.6) is 11.5 Å². The van der Waals surface area contributed by atoms with Crippen molar-refractivity contribution in [3.63, 3.8) is 0 Å². The maximum absolute atomic E-state index is 13.6. The topological polar surface area (TPSA) is 108 Å². The standard InChI is InChI=1S/C25H21FN4O5/c1-13-4-6-17(26)10-18(13)27-21(31)11-30-15(3)8-14(2)22(25(30)32)24-28-23(29-35-24)16-5-7-19-20(9-16)34-12-33-19/h4-10H,11-12H2,1-3H3,(H,27,31). The van der Waals surface area contributed by atoms with Crippen molar-refractivity contribution in [1.82, 2.24) is 14.7 Å². The van der Waals surface area contributed by atoms with Crippen molar-refractivity contribution in [3.05, 3.63) is 75.5 Å². The van der Waals surface area contributed by atoms with Crippen LogP contribution < -0.4 is 20.3 Å². The molecule has 0 bridgehead atoms. The molecule has 0 saturated heterocycles. The Morgan fingerprint density at radius 3 is 2.69 bits per heavy atom. The number of carbonyl (C=O) groups is 1. The Labute approximate surface area is 199 Å². The number of fused-ring (bicyclic) bond motifs is 1. The van der Waals surface area contributed by atoms with E-state index in [1.807, 2.05) is 0 Å². The average Bonchev–Trinajstić information content (AvgIpc) is 3.48. The number of aromatic nitrogens is 3. The van der Waals surface area contributed by atoms with Gasteiger partial charge in [-0.1, -0.05) is 11.2 Å². The van der Waals surface area contributed by atoms with Crippen LogP contribution in [0.4, 0.5) is 10.1 Å². The minimum atomic E-state index is -0.467. The molecule has 2 aromatic carbocycles. The number of ether oxygens (including phenoxy) is 2. The third kappa shape index (κ3) is 4.25. The van der Waals surface area contributed by atoms with Crippen LogP contribution in [0, 0.1) is 26.6 Å². The molecule has 10 heteroatoms. The fraction of sp³-hybridized carbons (Fsp3) is 0.200. The first kappa shape index (κ1) is 22.3. The SMILES string of the molecule is Cc1ccc(F)cc1NC(=O)Cn1c(C)cc(C)c(-c2nc(-c3ccc4c(c3)OCO4)no2)c1=O. The molecular formula is C25H21FN4O5. The number of hydrogen-bond donors (Lipinski definition) is 1. The first-order chi connectivity index (χ1) is 16.8. The molecule has 3 heterocycles. The maximum Gasteiger partial charge on any atom is 0.264 e. The normalized spacial score (nSPS) is 12.1. The number of anilines is 1. The molecule has 0 fully saturated rings. The van der Waals surface area contributed by atoms with E-state index in [0.717, 1.165) is 0 Å². The van der Waals surface area contributed by atoms with E-state index in [2.05, 4.69) is 15.5 Å². The predicted octanol–water partition coefficient (Wildman–Crippen LogP) is 4.00. The summed E-state index contributed by atoms with van der Waals surface area (Å²) in [5, 5.41) is 6.67. The monoisotopic (exact) mass is 476 g/mol. The summed E-state index contributed by atoms with van der Waals surface area (Å²) in [6, 6.07) is 11.1. The van der Waals surface area contributed by atoms with E-state index in [-0.39, 0.29) is 30.6 Å². The summed E-state index contributed by atoms with van der Waals surface area (Å²) in [4.78, 5) is 30.5. The Kier molecular flexibility index (Phi) is 5.56. The number of halogens is 1. The highest BCUT2D eigenvalue weighted by molar-refractivity contribution is 5.91. The number of amides is 1. The van der Waals surface area contributed by atoms with E-state index in [9.17, 15) is 14.0 Å². The van der Waals surface area contributed by atoms with E-state index in [4.69, 9.17) is 14.0 Å². The van der Waals surface area contributed by atoms with Crippen molar-refractivity contribution in [1.29, 1.82) is 0 Å². The molecule has 0 saturated carbocycles. The number of nitrogens with one attached hydrogen (secondary N) is 1. The van der Waals surface area contributed by atoms with Gasteiger partial charge in [-0.05, 0) is 68.3 Å². The Balaban J connectivity index is 1.45. The molecule has 1 N–H and O–H groups in total. The maximum atomic E-state index is 13.6. The number of benzene rings is 2. The fourth-order valence-electron chi connectivity index (χ4n) is 3.92. The average molecular weight is 476 g/mol. The van der Waals surface area contributed by atoms with Crippen LogP contribution in [-0.4, -0.2) is 27.4 Å². The summed E-state index contributed by atoms with van der Waals surface area (Å²) < 4.78 is 31.0. The van der Waals surface area contributed by atoms with Crippen molar-refractivity contribution < 1.29 is 23.2 Å². The second-order valence-corrected chi connectivity index (χ2v) is 8.23. The van der Waals surface area contributed by atoms with Crippen LogP contribution in [0.1, 0.15) is 16.8 Å². The van der Waals surface area contributed by atoms with Crippen molar-refractivity contribution in [2.75, 3.05) is 12.1 Å². The summed E-state index contributed by atoms with van der Waals surface area (Å²) in [6.45, 7) is 5.12. The first-order valence-corrected chi connectivity index (χ1v) is 10.8. The summed E-state index contributed by atoms with van der Waals surface area (Å²) in [6.07, 6.45) is 0. The van der Waals surface area contributed by atoms with Gasteiger partial charge in [0.15, 0.2) is 11.5 Å². The Morgan fingerprint density at radius 1 is 1.06 bits per heavy atom. The van der Waals surface area contributed by atoms with Crippen molar-refractivity contribution in [2.24, 2.45) is 0 Å². The molecule has 0 unspecified atom stereocenters. The molecule has 0 aliphatic carbocycles. The number of pyridine rings is 1. The van der Waals surface area contributed by atoms with Gasteiger partial charge in [-0.15, -0.1) is 0 Å². The minimum Gasteiger partial charge on any atom is -0.454 e. The van der Waals surface area contributed by atoms with Gasteiger partial charge in [0.25, 0.3) is 11.4 Å². The quantitative estimate of drug-likeness (QED) is 0.464. The van der Waals surface area contributed by atoms with Gasteiger partial charge in [-0.3, -0.25) is 9.59 Å². The molecule has 1 aliphatic rings. The molecular weight excluding hydrogens is 455 g/mol. The molecule has 2 aromatic heterocycles. The lowest BCUT2D eigenvalue weighted by Crippen LogP contribution is -2.31. The lowest BCUT2D eigenvalue weighted by Gasteiger charge is -2.14. The Hall–Kier alpha value is -4.47. The molecule has 9 nitrogen and oxygen atoms in total. The highest BCUT2D eigenvalue weighted by Crippen LogP contribution is 2.35. The molecule has 5 rings (SSSR count). The van der Waals surface area contributed by atoms with E-state index in [0.29, 0.717) is 39.6 Å². The molecule has 178 valence electrons. The Morgan fingerprint density at radius 2 is 1.86 bits per heavy atom. The zero-order valence-corrected chi connectivity index (χ0v) is 19.2. The van der Waals surface area contributed by atoms with Gasteiger partial charge >= 0.3 is 0 Å². The summed E-state index contributed by atoms with van der Waals surface area (Å²) in [5.74, 6) is 0.583. The first-order valence-electron chi connectivity index (χ1n) is 10.8. The molecule has 35 heavy (non-hydrogen) atoms. The van der Waals surface area contributed by atoms with Crippen molar-refractivity contribution in [2.45, 2.75) is 27.3 Å². The summed E-state index contributed by atoms with van der Waals surface area (Å²) >= 11 is 0. The van der Waals surface area contributed by atoms with Gasteiger partial charge in [0.1, 0.15) is 17.9 Å². The largest absolute Gasteiger partial charge is 0.454 e. The predicted molar refractivity (Wildman–Crippen MR) is 125 cm³/mol. The van der Waals surface area contributed by atoms with Gasteiger partial charge in [0.2, 0.25) is 18.5 Å². The lowest BCUT2D eigenvalue weighted by molar-refractivity contribution is -0.116. The van der Waals surface area contributed by atoms with Gasteiger partial charge in [-0.2, -0.15) is 4.98 Å². The third-order valence-electron chi connectivity index (χ3n) is 5.75. The van der Waals surface area contributed by atoms with E-state index < -0.39 is 17.3 Å². The number of aryl methyl sites for hydroxylation is 3. The number of hydrogen-bond acceptors (Lipinski definition) is 7. The zero-order chi connectivity index (χ0) is 24.7. The van der Waals surface area contributed by atoms with Gasteiger partial charge < -0.3 is 23.9 Å². The lowest BCUT2D eigenvalue weighted by atomic mass is 10.1. The molecule has 1 amide bonds.